The van der Waals surface area contributed by atoms with Crippen molar-refractivity contribution in [3.8, 4) is 0 Å². The number of aromatic amines is 1. The van der Waals surface area contributed by atoms with E-state index < -0.39 is 0 Å². The van der Waals surface area contributed by atoms with Crippen molar-refractivity contribution in [1.29, 1.82) is 0 Å². The van der Waals surface area contributed by atoms with E-state index in [9.17, 15) is 9.59 Å². The van der Waals surface area contributed by atoms with Gasteiger partial charge in [0.1, 0.15) is 5.82 Å². The number of carbonyl (C=O) groups is 2. The standard InChI is InChI=1S/C22H23ClN4O2/c1-13-11-15(5-7-17(13)22(29)27-9-3-4-10-27)21(28)24-14(2)20-25-18-8-6-16(23)12-19(18)26-20/h5-8,11-12,14H,3-4,9-10H2,1-2H3,(H,24,28)(H,25,26)/t14-/m0/s1. The molecular formula is C22H23ClN4O2. The van der Waals surface area contributed by atoms with E-state index in [1.807, 2.05) is 24.8 Å². The summed E-state index contributed by atoms with van der Waals surface area (Å²) in [7, 11) is 0. The second-order valence-corrected chi connectivity index (χ2v) is 7.94. The first-order chi connectivity index (χ1) is 13.9. The highest BCUT2D eigenvalue weighted by Crippen LogP contribution is 2.21. The molecule has 0 saturated carbocycles. The Morgan fingerprint density at radius 3 is 2.66 bits per heavy atom. The first-order valence-electron chi connectivity index (χ1n) is 9.78. The lowest BCUT2D eigenvalue weighted by Crippen LogP contribution is -2.29. The molecule has 7 heteroatoms. The van der Waals surface area contributed by atoms with E-state index in [4.69, 9.17) is 11.6 Å². The van der Waals surface area contributed by atoms with E-state index in [2.05, 4.69) is 15.3 Å². The number of hydrogen-bond donors (Lipinski definition) is 2. The summed E-state index contributed by atoms with van der Waals surface area (Å²) in [5.74, 6) is 0.494. The molecule has 2 N–H and O–H groups in total. The minimum Gasteiger partial charge on any atom is -0.342 e. The van der Waals surface area contributed by atoms with Crippen molar-refractivity contribution in [2.75, 3.05) is 13.1 Å². The van der Waals surface area contributed by atoms with E-state index in [-0.39, 0.29) is 17.9 Å². The molecule has 0 unspecified atom stereocenters. The van der Waals surface area contributed by atoms with Gasteiger partial charge in [-0.25, -0.2) is 4.98 Å². The van der Waals surface area contributed by atoms with Crippen LogP contribution in [0.1, 0.15) is 57.9 Å². The average Bonchev–Trinajstić information content (AvgIpc) is 3.36. The van der Waals surface area contributed by atoms with Gasteiger partial charge in [-0.2, -0.15) is 0 Å². The average molecular weight is 411 g/mol. The second-order valence-electron chi connectivity index (χ2n) is 7.51. The third-order valence-corrected chi connectivity index (χ3v) is 5.57. The number of benzene rings is 2. The molecule has 3 aromatic rings. The monoisotopic (exact) mass is 410 g/mol. The van der Waals surface area contributed by atoms with E-state index >= 15 is 0 Å². The summed E-state index contributed by atoms with van der Waals surface area (Å²) in [5.41, 5.74) is 3.61. The largest absolute Gasteiger partial charge is 0.342 e. The molecule has 0 radical (unpaired) electrons. The van der Waals surface area contributed by atoms with Gasteiger partial charge in [0.2, 0.25) is 0 Å². The first kappa shape index (κ1) is 19.5. The minimum atomic E-state index is -0.306. The molecule has 1 aromatic heterocycles. The summed E-state index contributed by atoms with van der Waals surface area (Å²) in [6.45, 7) is 5.35. The Hall–Kier alpha value is -2.86. The Kier molecular flexibility index (Phi) is 5.28. The fourth-order valence-electron chi connectivity index (χ4n) is 3.69. The minimum absolute atomic E-state index is 0.0428. The van der Waals surface area contributed by atoms with Crippen LogP contribution in [0.3, 0.4) is 0 Å². The van der Waals surface area contributed by atoms with Crippen LogP contribution in [0.4, 0.5) is 0 Å². The van der Waals surface area contributed by atoms with Crippen LogP contribution in [0.15, 0.2) is 36.4 Å². The molecule has 2 amide bonds. The van der Waals surface area contributed by atoms with Gasteiger partial charge in [0.15, 0.2) is 0 Å². The zero-order valence-electron chi connectivity index (χ0n) is 16.5. The molecule has 1 saturated heterocycles. The van der Waals surface area contributed by atoms with Gasteiger partial charge in [-0.1, -0.05) is 11.6 Å². The van der Waals surface area contributed by atoms with Crippen LogP contribution in [0, 0.1) is 6.92 Å². The number of halogens is 1. The molecule has 1 atom stereocenters. The van der Waals surface area contributed by atoms with Gasteiger partial charge in [-0.05, 0) is 68.7 Å². The number of fused-ring (bicyclic) bond motifs is 1. The normalized spacial score (nSPS) is 14.9. The molecule has 6 nitrogen and oxygen atoms in total. The van der Waals surface area contributed by atoms with Crippen LogP contribution in [0.5, 0.6) is 0 Å². The van der Waals surface area contributed by atoms with Crippen molar-refractivity contribution < 1.29 is 9.59 Å². The van der Waals surface area contributed by atoms with Gasteiger partial charge in [0, 0.05) is 29.2 Å². The lowest BCUT2D eigenvalue weighted by atomic mass is 10.0. The number of aryl methyl sites for hydroxylation is 1. The fraction of sp³-hybridized carbons (Fsp3) is 0.318. The summed E-state index contributed by atoms with van der Waals surface area (Å²) in [4.78, 5) is 34.9. The molecule has 150 valence electrons. The number of imidazole rings is 1. The van der Waals surface area contributed by atoms with Gasteiger partial charge in [-0.3, -0.25) is 9.59 Å². The summed E-state index contributed by atoms with van der Waals surface area (Å²) >= 11 is 6.01. The Labute approximate surface area is 174 Å². The first-order valence-corrected chi connectivity index (χ1v) is 10.2. The highest BCUT2D eigenvalue weighted by molar-refractivity contribution is 6.31. The molecule has 1 fully saturated rings. The van der Waals surface area contributed by atoms with Crippen molar-refractivity contribution in [1.82, 2.24) is 20.2 Å². The van der Waals surface area contributed by atoms with Crippen LogP contribution in [0.2, 0.25) is 5.02 Å². The smallest absolute Gasteiger partial charge is 0.254 e. The van der Waals surface area contributed by atoms with Gasteiger partial charge < -0.3 is 15.2 Å². The van der Waals surface area contributed by atoms with Gasteiger partial charge in [-0.15, -0.1) is 0 Å². The van der Waals surface area contributed by atoms with Crippen LogP contribution < -0.4 is 5.32 Å². The Balaban J connectivity index is 1.48. The number of nitrogens with zero attached hydrogens (tertiary/aromatic N) is 2. The molecular weight excluding hydrogens is 388 g/mol. The molecule has 1 aliphatic heterocycles. The number of carbonyl (C=O) groups excluding carboxylic acids is 2. The number of amides is 2. The number of rotatable bonds is 4. The van der Waals surface area contributed by atoms with Crippen molar-refractivity contribution in [2.45, 2.75) is 32.7 Å². The molecule has 0 spiro atoms. The third-order valence-electron chi connectivity index (χ3n) is 5.33. The van der Waals surface area contributed by atoms with Crippen LogP contribution >= 0.6 is 11.6 Å². The fourth-order valence-corrected chi connectivity index (χ4v) is 3.85. The number of H-pyrrole nitrogens is 1. The number of hydrogen-bond acceptors (Lipinski definition) is 3. The summed E-state index contributed by atoms with van der Waals surface area (Å²) in [5, 5.41) is 3.57. The van der Waals surface area contributed by atoms with Crippen molar-refractivity contribution in [3.63, 3.8) is 0 Å². The van der Waals surface area contributed by atoms with Crippen molar-refractivity contribution >= 4 is 34.4 Å². The highest BCUT2D eigenvalue weighted by Gasteiger charge is 2.22. The lowest BCUT2D eigenvalue weighted by molar-refractivity contribution is 0.0791. The van der Waals surface area contributed by atoms with Gasteiger partial charge in [0.05, 0.1) is 17.1 Å². The maximum atomic E-state index is 12.7. The Morgan fingerprint density at radius 2 is 1.93 bits per heavy atom. The van der Waals surface area contributed by atoms with Crippen molar-refractivity contribution in [3.05, 3.63) is 63.9 Å². The molecule has 0 bridgehead atoms. The Bertz CT molecular complexity index is 1090. The van der Waals surface area contributed by atoms with Crippen molar-refractivity contribution in [2.24, 2.45) is 0 Å². The third kappa shape index (κ3) is 3.98. The summed E-state index contributed by atoms with van der Waals surface area (Å²) < 4.78 is 0. The maximum Gasteiger partial charge on any atom is 0.254 e. The van der Waals surface area contributed by atoms with Gasteiger partial charge >= 0.3 is 0 Å². The molecule has 1 aliphatic rings. The predicted molar refractivity (Wildman–Crippen MR) is 113 cm³/mol. The quantitative estimate of drug-likeness (QED) is 0.674. The number of nitrogens with one attached hydrogen (secondary N) is 2. The summed E-state index contributed by atoms with van der Waals surface area (Å²) in [6, 6.07) is 10.4. The number of likely N-dealkylation sites (tertiary alicyclic amines) is 1. The van der Waals surface area contributed by atoms with Crippen LogP contribution in [-0.2, 0) is 0 Å². The second kappa shape index (κ2) is 7.87. The van der Waals surface area contributed by atoms with E-state index in [1.165, 1.54) is 0 Å². The van der Waals surface area contributed by atoms with Gasteiger partial charge in [0.25, 0.3) is 11.8 Å². The maximum absolute atomic E-state index is 12.7. The lowest BCUT2D eigenvalue weighted by Gasteiger charge is -2.17. The molecule has 2 aromatic carbocycles. The van der Waals surface area contributed by atoms with E-state index in [0.717, 1.165) is 42.5 Å². The number of aromatic nitrogens is 2. The molecule has 2 heterocycles. The van der Waals surface area contributed by atoms with E-state index in [0.29, 0.717) is 22.0 Å². The SMILES string of the molecule is Cc1cc(C(=O)N[C@@H](C)c2nc3cc(Cl)ccc3[nH]2)ccc1C(=O)N1CCCC1. The highest BCUT2D eigenvalue weighted by atomic mass is 35.5. The van der Waals surface area contributed by atoms with Crippen LogP contribution in [0.25, 0.3) is 11.0 Å². The van der Waals surface area contributed by atoms with E-state index in [1.54, 1.807) is 30.3 Å². The predicted octanol–water partition coefficient (Wildman–Crippen LogP) is 4.25. The Morgan fingerprint density at radius 1 is 1.17 bits per heavy atom. The van der Waals surface area contributed by atoms with Crippen LogP contribution in [-0.4, -0.2) is 39.8 Å². The molecule has 4 rings (SSSR count). The summed E-state index contributed by atoms with van der Waals surface area (Å²) in [6.07, 6.45) is 2.11. The molecule has 29 heavy (non-hydrogen) atoms. The topological polar surface area (TPSA) is 78.1 Å². The zero-order chi connectivity index (χ0) is 20.5. The zero-order valence-corrected chi connectivity index (χ0v) is 17.2. The molecule has 0 aliphatic carbocycles.